The highest BCUT2D eigenvalue weighted by atomic mass is 16.5. The molecule has 0 aliphatic rings. The molecule has 0 aliphatic carbocycles. The third-order valence-electron chi connectivity index (χ3n) is 4.03. The number of hydrogen-bond acceptors (Lipinski definition) is 5. The molecule has 0 radical (unpaired) electrons. The van der Waals surface area contributed by atoms with Gasteiger partial charge in [-0.25, -0.2) is 9.97 Å². The van der Waals surface area contributed by atoms with Gasteiger partial charge in [-0.3, -0.25) is 0 Å². The minimum absolute atomic E-state index is 0.351. The fourth-order valence-electron chi connectivity index (χ4n) is 2.68. The first-order valence-electron chi connectivity index (χ1n) is 8.52. The van der Waals surface area contributed by atoms with Gasteiger partial charge < -0.3 is 18.1 Å². The summed E-state index contributed by atoms with van der Waals surface area (Å²) in [5.74, 6) is 1.88. The molecule has 1 aromatic carbocycles. The van der Waals surface area contributed by atoms with Crippen molar-refractivity contribution in [3.63, 3.8) is 0 Å². The van der Waals surface area contributed by atoms with Gasteiger partial charge in [-0.2, -0.15) is 0 Å². The van der Waals surface area contributed by atoms with E-state index in [9.17, 15) is 0 Å². The maximum Gasteiger partial charge on any atom is 0.263 e. The number of hydrogen-bond donors (Lipinski definition) is 0. The summed E-state index contributed by atoms with van der Waals surface area (Å²) < 4.78 is 18.5. The summed E-state index contributed by atoms with van der Waals surface area (Å²) in [6, 6.07) is 11.8. The largest absolute Gasteiger partial charge is 0.487 e. The first-order chi connectivity index (χ1) is 12.9. The van der Waals surface area contributed by atoms with Crippen molar-refractivity contribution in [1.29, 1.82) is 0 Å². The second kappa shape index (κ2) is 7.74. The third-order valence-corrected chi connectivity index (χ3v) is 4.03. The Kier molecular flexibility index (Phi) is 4.82. The number of rotatable bonds is 8. The quantitative estimate of drug-likeness (QED) is 0.473. The van der Waals surface area contributed by atoms with Crippen LogP contribution in [0.25, 0.3) is 11.7 Å². The van der Waals surface area contributed by atoms with E-state index in [1.165, 1.54) is 5.56 Å². The van der Waals surface area contributed by atoms with Crippen LogP contribution >= 0.6 is 0 Å². The molecule has 0 amide bonds. The van der Waals surface area contributed by atoms with Crippen LogP contribution in [0.5, 0.6) is 5.75 Å². The molecule has 0 fully saturated rings. The van der Waals surface area contributed by atoms with Gasteiger partial charge in [0.05, 0.1) is 12.6 Å². The number of benzene rings is 1. The zero-order chi connectivity index (χ0) is 17.6. The fourth-order valence-corrected chi connectivity index (χ4v) is 2.68. The lowest BCUT2D eigenvalue weighted by Crippen LogP contribution is -1.98. The van der Waals surface area contributed by atoms with E-state index in [1.807, 2.05) is 30.7 Å². The van der Waals surface area contributed by atoms with Gasteiger partial charge in [-0.05, 0) is 42.7 Å². The van der Waals surface area contributed by atoms with Crippen LogP contribution in [-0.4, -0.2) is 14.5 Å². The van der Waals surface area contributed by atoms with Crippen molar-refractivity contribution in [3.8, 4) is 17.4 Å². The van der Waals surface area contributed by atoms with Crippen LogP contribution in [0.4, 0.5) is 0 Å². The minimum Gasteiger partial charge on any atom is -0.487 e. The zero-order valence-corrected chi connectivity index (χ0v) is 14.2. The number of furan rings is 1. The van der Waals surface area contributed by atoms with Gasteiger partial charge in [0.15, 0.2) is 5.76 Å². The standard InChI is InChI=1S/C20H19N3O3/c1(10-23-11-9-21-15-23)3-16-5-7-18(8-6-16)25-13-17-14-26-20(22-17)19-4-2-12-24-19/h2,4-9,11-12,14-15H,1,3,10,13H2. The molecule has 0 bridgehead atoms. The molecule has 0 aliphatic heterocycles. The Morgan fingerprint density at radius 3 is 2.77 bits per heavy atom. The van der Waals surface area contributed by atoms with Crippen LogP contribution in [0.3, 0.4) is 0 Å². The Labute approximate surface area is 151 Å². The summed E-state index contributed by atoms with van der Waals surface area (Å²) in [6.45, 7) is 1.33. The fraction of sp³-hybridized carbons (Fsp3) is 0.200. The van der Waals surface area contributed by atoms with Crippen LogP contribution in [0.2, 0.25) is 0 Å². The third kappa shape index (κ3) is 4.03. The SMILES string of the molecule is c1coc(-c2nc(COc3ccc(CCCn4ccnc4)cc3)co2)c1. The van der Waals surface area contributed by atoms with Crippen molar-refractivity contribution in [1.82, 2.24) is 14.5 Å². The number of nitrogens with zero attached hydrogens (tertiary/aromatic N) is 3. The molecule has 26 heavy (non-hydrogen) atoms. The predicted molar refractivity (Wildman–Crippen MR) is 95.5 cm³/mol. The molecule has 132 valence electrons. The lowest BCUT2D eigenvalue weighted by atomic mass is 10.1. The maximum atomic E-state index is 5.78. The van der Waals surface area contributed by atoms with E-state index in [1.54, 1.807) is 24.8 Å². The summed E-state index contributed by atoms with van der Waals surface area (Å²) in [4.78, 5) is 8.41. The summed E-state index contributed by atoms with van der Waals surface area (Å²) in [7, 11) is 0. The second-order valence-electron chi connectivity index (χ2n) is 5.96. The van der Waals surface area contributed by atoms with Gasteiger partial charge >= 0.3 is 0 Å². The molecule has 3 heterocycles. The molecular formula is C20H19N3O3. The topological polar surface area (TPSA) is 66.2 Å². The Hall–Kier alpha value is -3.28. The average molecular weight is 349 g/mol. The van der Waals surface area contributed by atoms with Gasteiger partial charge in [0.2, 0.25) is 0 Å². The van der Waals surface area contributed by atoms with E-state index in [2.05, 4.69) is 26.7 Å². The van der Waals surface area contributed by atoms with Crippen molar-refractivity contribution in [2.45, 2.75) is 26.0 Å². The average Bonchev–Trinajstić information content (AvgIpc) is 3.42. The lowest BCUT2D eigenvalue weighted by molar-refractivity contribution is 0.301. The summed E-state index contributed by atoms with van der Waals surface area (Å²) in [6.07, 6.45) is 10.9. The van der Waals surface area contributed by atoms with Crippen LogP contribution in [-0.2, 0) is 19.6 Å². The Bertz CT molecular complexity index is 910. The normalized spacial score (nSPS) is 10.9. The van der Waals surface area contributed by atoms with Crippen molar-refractivity contribution in [3.05, 3.63) is 78.9 Å². The van der Waals surface area contributed by atoms with Crippen LogP contribution in [0, 0.1) is 0 Å². The van der Waals surface area contributed by atoms with Crippen molar-refractivity contribution >= 4 is 0 Å². The summed E-state index contributed by atoms with van der Waals surface area (Å²) in [5, 5.41) is 0. The number of oxazole rings is 1. The molecule has 3 aromatic heterocycles. The lowest BCUT2D eigenvalue weighted by Gasteiger charge is -2.06. The van der Waals surface area contributed by atoms with E-state index in [0.717, 1.165) is 30.8 Å². The second-order valence-corrected chi connectivity index (χ2v) is 5.96. The van der Waals surface area contributed by atoms with Crippen molar-refractivity contribution < 1.29 is 13.6 Å². The zero-order valence-electron chi connectivity index (χ0n) is 14.2. The van der Waals surface area contributed by atoms with Crippen LogP contribution in [0.1, 0.15) is 17.7 Å². The molecule has 4 rings (SSSR count). The molecule has 6 nitrogen and oxygen atoms in total. The predicted octanol–water partition coefficient (Wildman–Crippen LogP) is 4.34. The Morgan fingerprint density at radius 2 is 2.00 bits per heavy atom. The number of aryl methyl sites for hydroxylation is 2. The number of imidazole rings is 1. The highest BCUT2D eigenvalue weighted by Crippen LogP contribution is 2.20. The van der Waals surface area contributed by atoms with Gasteiger partial charge in [0.25, 0.3) is 5.89 Å². The highest BCUT2D eigenvalue weighted by Gasteiger charge is 2.09. The molecule has 0 unspecified atom stereocenters. The van der Waals surface area contributed by atoms with E-state index in [0.29, 0.717) is 18.3 Å². The van der Waals surface area contributed by atoms with Gasteiger partial charge in [-0.15, -0.1) is 0 Å². The summed E-state index contributed by atoms with van der Waals surface area (Å²) >= 11 is 0. The molecule has 0 atom stereocenters. The van der Waals surface area contributed by atoms with E-state index >= 15 is 0 Å². The molecular weight excluding hydrogens is 330 g/mol. The molecule has 0 saturated heterocycles. The monoisotopic (exact) mass is 349 g/mol. The highest BCUT2D eigenvalue weighted by molar-refractivity contribution is 5.43. The summed E-state index contributed by atoms with van der Waals surface area (Å²) in [5.41, 5.74) is 2.01. The molecule has 0 N–H and O–H groups in total. The van der Waals surface area contributed by atoms with E-state index in [-0.39, 0.29) is 0 Å². The Morgan fingerprint density at radius 1 is 1.08 bits per heavy atom. The molecule has 0 spiro atoms. The van der Waals surface area contributed by atoms with Crippen molar-refractivity contribution in [2.75, 3.05) is 0 Å². The Balaban J connectivity index is 1.26. The van der Waals surface area contributed by atoms with Crippen LogP contribution in [0.15, 0.2) is 76.5 Å². The first-order valence-corrected chi connectivity index (χ1v) is 8.52. The van der Waals surface area contributed by atoms with E-state index in [4.69, 9.17) is 13.6 Å². The molecule has 4 aromatic rings. The van der Waals surface area contributed by atoms with Gasteiger partial charge in [-0.1, -0.05) is 12.1 Å². The first kappa shape index (κ1) is 16.2. The number of aromatic nitrogens is 3. The van der Waals surface area contributed by atoms with Gasteiger partial charge in [0.1, 0.15) is 24.3 Å². The van der Waals surface area contributed by atoms with Gasteiger partial charge in [0, 0.05) is 18.9 Å². The smallest absolute Gasteiger partial charge is 0.263 e. The molecule has 6 heteroatoms. The number of ether oxygens (including phenoxy) is 1. The maximum absolute atomic E-state index is 5.78. The van der Waals surface area contributed by atoms with Crippen molar-refractivity contribution in [2.24, 2.45) is 0 Å². The van der Waals surface area contributed by atoms with E-state index < -0.39 is 0 Å². The minimum atomic E-state index is 0.351. The van der Waals surface area contributed by atoms with Crippen LogP contribution < -0.4 is 4.74 Å². The molecule has 0 saturated carbocycles.